The van der Waals surface area contributed by atoms with Gasteiger partial charge in [-0.15, -0.1) is 0 Å². The molecule has 1 heterocycles. The Labute approximate surface area is 126 Å². The van der Waals surface area contributed by atoms with Gasteiger partial charge in [0.15, 0.2) is 11.5 Å². The maximum Gasteiger partial charge on any atom is 0.224 e. The molecule has 2 rings (SSSR count). The number of benzene rings is 1. The summed E-state index contributed by atoms with van der Waals surface area (Å²) in [5, 5.41) is 6.40. The summed E-state index contributed by atoms with van der Waals surface area (Å²) in [6, 6.07) is 6.12. The summed E-state index contributed by atoms with van der Waals surface area (Å²) >= 11 is 0. The highest BCUT2D eigenvalue weighted by Crippen LogP contribution is 2.27. The lowest BCUT2D eigenvalue weighted by atomic mass is 10.1. The highest BCUT2D eigenvalue weighted by molar-refractivity contribution is 5.78. The topological polar surface area (TPSA) is 59.6 Å². The van der Waals surface area contributed by atoms with Gasteiger partial charge in [-0.05, 0) is 43.5 Å². The van der Waals surface area contributed by atoms with Crippen LogP contribution in [0.5, 0.6) is 11.5 Å². The van der Waals surface area contributed by atoms with E-state index < -0.39 is 0 Å². The molecule has 1 amide bonds. The van der Waals surface area contributed by atoms with Crippen LogP contribution in [-0.4, -0.2) is 39.3 Å². The monoisotopic (exact) mass is 292 g/mol. The highest BCUT2D eigenvalue weighted by atomic mass is 16.5. The molecule has 21 heavy (non-hydrogen) atoms. The fraction of sp³-hybridized carbons (Fsp3) is 0.562. The fourth-order valence-corrected chi connectivity index (χ4v) is 2.63. The molecule has 1 saturated heterocycles. The van der Waals surface area contributed by atoms with Gasteiger partial charge in [-0.3, -0.25) is 4.79 Å². The normalized spacial score (nSPS) is 17.5. The van der Waals surface area contributed by atoms with E-state index in [1.54, 1.807) is 14.2 Å². The van der Waals surface area contributed by atoms with Crippen molar-refractivity contribution < 1.29 is 14.3 Å². The molecule has 0 radical (unpaired) electrons. The molecule has 5 nitrogen and oxygen atoms in total. The van der Waals surface area contributed by atoms with Crippen LogP contribution < -0.4 is 20.1 Å². The average Bonchev–Trinajstić information content (AvgIpc) is 3.00. The Bertz CT molecular complexity index is 471. The Balaban J connectivity index is 1.78. The van der Waals surface area contributed by atoms with Crippen molar-refractivity contribution in [2.24, 2.45) is 0 Å². The summed E-state index contributed by atoms with van der Waals surface area (Å²) in [5.74, 6) is 1.37. The lowest BCUT2D eigenvalue weighted by molar-refractivity contribution is -0.120. The molecule has 1 aromatic rings. The second kappa shape index (κ2) is 7.88. The summed E-state index contributed by atoms with van der Waals surface area (Å²) < 4.78 is 10.4. The molecule has 116 valence electrons. The van der Waals surface area contributed by atoms with Crippen LogP contribution in [-0.2, 0) is 11.2 Å². The summed E-state index contributed by atoms with van der Waals surface area (Å²) in [7, 11) is 3.19. The van der Waals surface area contributed by atoms with Crippen molar-refractivity contribution in [1.82, 2.24) is 10.6 Å². The number of methoxy groups -OCH3 is 2. The van der Waals surface area contributed by atoms with Crippen LogP contribution in [0.3, 0.4) is 0 Å². The predicted molar refractivity (Wildman–Crippen MR) is 81.9 cm³/mol. The molecular formula is C16H24N2O3. The first-order chi connectivity index (χ1) is 10.2. The van der Waals surface area contributed by atoms with Crippen LogP contribution >= 0.6 is 0 Å². The quantitative estimate of drug-likeness (QED) is 0.799. The zero-order valence-electron chi connectivity index (χ0n) is 12.8. The Morgan fingerprint density at radius 3 is 2.81 bits per heavy atom. The number of nitrogens with one attached hydrogen (secondary N) is 2. The summed E-state index contributed by atoms with van der Waals surface area (Å²) in [5.41, 5.74) is 0.921. The number of amides is 1. The van der Waals surface area contributed by atoms with Crippen molar-refractivity contribution in [3.05, 3.63) is 23.8 Å². The zero-order chi connectivity index (χ0) is 15.1. The maximum absolute atomic E-state index is 11.9. The van der Waals surface area contributed by atoms with E-state index in [-0.39, 0.29) is 5.91 Å². The minimum Gasteiger partial charge on any atom is -0.493 e. The number of hydrogen-bond acceptors (Lipinski definition) is 4. The van der Waals surface area contributed by atoms with E-state index in [0.717, 1.165) is 25.1 Å². The van der Waals surface area contributed by atoms with Crippen molar-refractivity contribution in [1.29, 1.82) is 0 Å². The number of rotatable bonds is 7. The molecule has 1 aliphatic rings. The third-order valence-electron chi connectivity index (χ3n) is 3.79. The van der Waals surface area contributed by atoms with Gasteiger partial charge in [-0.1, -0.05) is 6.07 Å². The van der Waals surface area contributed by atoms with Gasteiger partial charge in [0, 0.05) is 12.6 Å². The third-order valence-corrected chi connectivity index (χ3v) is 3.79. The molecule has 1 aliphatic heterocycles. The summed E-state index contributed by atoms with van der Waals surface area (Å²) in [4.78, 5) is 11.9. The van der Waals surface area contributed by atoms with E-state index in [2.05, 4.69) is 10.6 Å². The molecule has 0 bridgehead atoms. The average molecular weight is 292 g/mol. The largest absolute Gasteiger partial charge is 0.493 e. The standard InChI is InChI=1S/C16H24N2O3/c1-20-14-6-5-12(10-15(14)21-2)11-16(19)18-9-7-13-4-3-8-17-13/h5-6,10,13,17H,3-4,7-9,11H2,1-2H3,(H,18,19)/t13-/m0/s1. The minimum atomic E-state index is 0.0419. The molecule has 1 aromatic carbocycles. The smallest absolute Gasteiger partial charge is 0.224 e. The van der Waals surface area contributed by atoms with E-state index in [4.69, 9.17) is 9.47 Å². The highest BCUT2D eigenvalue weighted by Gasteiger charge is 2.14. The molecule has 0 spiro atoms. The van der Waals surface area contributed by atoms with E-state index in [1.165, 1.54) is 12.8 Å². The lowest BCUT2D eigenvalue weighted by Crippen LogP contribution is -2.31. The molecule has 1 fully saturated rings. The molecule has 0 saturated carbocycles. The second-order valence-electron chi connectivity index (χ2n) is 5.30. The van der Waals surface area contributed by atoms with Gasteiger partial charge in [0.1, 0.15) is 0 Å². The van der Waals surface area contributed by atoms with E-state index in [0.29, 0.717) is 24.0 Å². The van der Waals surface area contributed by atoms with E-state index in [9.17, 15) is 4.79 Å². The molecule has 0 unspecified atom stereocenters. The van der Waals surface area contributed by atoms with Crippen LogP contribution in [0.15, 0.2) is 18.2 Å². The molecule has 0 aromatic heterocycles. The van der Waals surface area contributed by atoms with E-state index >= 15 is 0 Å². The molecule has 1 atom stereocenters. The Morgan fingerprint density at radius 1 is 1.33 bits per heavy atom. The van der Waals surface area contributed by atoms with Gasteiger partial charge in [0.2, 0.25) is 5.91 Å². The molecule has 0 aliphatic carbocycles. The van der Waals surface area contributed by atoms with Crippen LogP contribution in [0.2, 0.25) is 0 Å². The minimum absolute atomic E-state index is 0.0419. The van der Waals surface area contributed by atoms with Crippen molar-refractivity contribution in [2.45, 2.75) is 31.7 Å². The Morgan fingerprint density at radius 2 is 2.14 bits per heavy atom. The van der Waals surface area contributed by atoms with Crippen LogP contribution in [0, 0.1) is 0 Å². The summed E-state index contributed by atoms with van der Waals surface area (Å²) in [6.45, 7) is 1.83. The van der Waals surface area contributed by atoms with Crippen molar-refractivity contribution in [3.8, 4) is 11.5 Å². The Kier molecular flexibility index (Phi) is 5.87. The van der Waals surface area contributed by atoms with Gasteiger partial charge in [0.05, 0.1) is 20.6 Å². The van der Waals surface area contributed by atoms with Gasteiger partial charge >= 0.3 is 0 Å². The number of carbonyl (C=O) groups is 1. The zero-order valence-corrected chi connectivity index (χ0v) is 12.8. The Hall–Kier alpha value is -1.75. The maximum atomic E-state index is 11.9. The van der Waals surface area contributed by atoms with Crippen molar-refractivity contribution in [2.75, 3.05) is 27.3 Å². The number of hydrogen-bond donors (Lipinski definition) is 2. The number of carbonyl (C=O) groups excluding carboxylic acids is 1. The first-order valence-corrected chi connectivity index (χ1v) is 7.44. The third kappa shape index (κ3) is 4.63. The fourth-order valence-electron chi connectivity index (χ4n) is 2.63. The molecule has 5 heteroatoms. The van der Waals surface area contributed by atoms with Gasteiger partial charge in [0.25, 0.3) is 0 Å². The van der Waals surface area contributed by atoms with Gasteiger partial charge < -0.3 is 20.1 Å². The number of ether oxygens (including phenoxy) is 2. The molecule has 2 N–H and O–H groups in total. The molecular weight excluding hydrogens is 268 g/mol. The van der Waals surface area contributed by atoms with Gasteiger partial charge in [-0.25, -0.2) is 0 Å². The van der Waals surface area contributed by atoms with Crippen LogP contribution in [0.25, 0.3) is 0 Å². The van der Waals surface area contributed by atoms with E-state index in [1.807, 2.05) is 18.2 Å². The van der Waals surface area contributed by atoms with Crippen molar-refractivity contribution >= 4 is 5.91 Å². The lowest BCUT2D eigenvalue weighted by Gasteiger charge is -2.12. The van der Waals surface area contributed by atoms with Gasteiger partial charge in [-0.2, -0.15) is 0 Å². The van der Waals surface area contributed by atoms with Crippen molar-refractivity contribution in [3.63, 3.8) is 0 Å². The first-order valence-electron chi connectivity index (χ1n) is 7.44. The first kappa shape index (κ1) is 15.6. The SMILES string of the molecule is COc1ccc(CC(=O)NCC[C@@H]2CCCN2)cc1OC. The second-order valence-corrected chi connectivity index (χ2v) is 5.30. The van der Waals surface area contributed by atoms with Crippen LogP contribution in [0.4, 0.5) is 0 Å². The van der Waals surface area contributed by atoms with Crippen LogP contribution in [0.1, 0.15) is 24.8 Å². The summed E-state index contributed by atoms with van der Waals surface area (Å²) in [6.07, 6.45) is 3.81. The predicted octanol–water partition coefficient (Wildman–Crippen LogP) is 1.50.